The number of hydrogen-bond donors (Lipinski definition) is 3. The minimum absolute atomic E-state index is 0.0312. The number of aryl methyl sites for hydroxylation is 2. The number of aromatic nitrogens is 3. The standard InChI is InChI=1S/C17H25N5O2/c1-12(5-4-8-23)20-17(24)19-11-15-6-7-16(18-10-15)22-14(3)9-13(2)21-22/h6-7,9-10,12,23H,4-5,8,11H2,1-3H3,(H2,19,20,24). The number of aliphatic hydroxyl groups excluding tert-OH is 1. The van der Waals surface area contributed by atoms with Crippen molar-refractivity contribution in [1.82, 2.24) is 25.4 Å². The van der Waals surface area contributed by atoms with Gasteiger partial charge in [-0.1, -0.05) is 6.07 Å². The summed E-state index contributed by atoms with van der Waals surface area (Å²) in [6.07, 6.45) is 3.17. The quantitative estimate of drug-likeness (QED) is 0.722. The van der Waals surface area contributed by atoms with E-state index in [1.165, 1.54) is 0 Å². The van der Waals surface area contributed by atoms with Crippen LogP contribution < -0.4 is 10.6 Å². The van der Waals surface area contributed by atoms with Crippen molar-refractivity contribution in [2.24, 2.45) is 0 Å². The lowest BCUT2D eigenvalue weighted by molar-refractivity contribution is 0.234. The van der Waals surface area contributed by atoms with E-state index < -0.39 is 0 Å². The van der Waals surface area contributed by atoms with Crippen molar-refractivity contribution >= 4 is 6.03 Å². The number of rotatable bonds is 7. The molecule has 0 fully saturated rings. The zero-order valence-corrected chi connectivity index (χ0v) is 14.4. The first-order chi connectivity index (χ1) is 11.5. The monoisotopic (exact) mass is 331 g/mol. The van der Waals surface area contributed by atoms with E-state index in [1.54, 1.807) is 10.9 Å². The van der Waals surface area contributed by atoms with Crippen LogP contribution in [0.2, 0.25) is 0 Å². The fraction of sp³-hybridized carbons (Fsp3) is 0.471. The summed E-state index contributed by atoms with van der Waals surface area (Å²) in [4.78, 5) is 16.2. The molecular weight excluding hydrogens is 306 g/mol. The molecule has 0 radical (unpaired) electrons. The molecule has 2 aromatic rings. The molecule has 2 aromatic heterocycles. The van der Waals surface area contributed by atoms with Crippen molar-refractivity contribution in [2.75, 3.05) is 6.61 Å². The van der Waals surface area contributed by atoms with Gasteiger partial charge in [-0.05, 0) is 51.3 Å². The Morgan fingerprint density at radius 3 is 2.75 bits per heavy atom. The molecule has 0 spiro atoms. The predicted molar refractivity (Wildman–Crippen MR) is 92.0 cm³/mol. The number of nitrogens with zero attached hydrogens (tertiary/aromatic N) is 3. The van der Waals surface area contributed by atoms with Crippen LogP contribution in [0, 0.1) is 13.8 Å². The first-order valence-corrected chi connectivity index (χ1v) is 8.13. The smallest absolute Gasteiger partial charge is 0.315 e. The maximum Gasteiger partial charge on any atom is 0.315 e. The van der Waals surface area contributed by atoms with Crippen LogP contribution in [-0.4, -0.2) is 38.6 Å². The minimum Gasteiger partial charge on any atom is -0.396 e. The van der Waals surface area contributed by atoms with Crippen molar-refractivity contribution in [3.8, 4) is 5.82 Å². The largest absolute Gasteiger partial charge is 0.396 e. The second-order valence-corrected chi connectivity index (χ2v) is 5.96. The summed E-state index contributed by atoms with van der Waals surface area (Å²) in [7, 11) is 0. The lowest BCUT2D eigenvalue weighted by Gasteiger charge is -2.14. The summed E-state index contributed by atoms with van der Waals surface area (Å²) < 4.78 is 1.79. The van der Waals surface area contributed by atoms with Crippen molar-refractivity contribution < 1.29 is 9.90 Å². The molecular formula is C17H25N5O2. The predicted octanol–water partition coefficient (Wildman–Crippen LogP) is 1.84. The molecule has 0 aromatic carbocycles. The maximum absolute atomic E-state index is 11.8. The lowest BCUT2D eigenvalue weighted by atomic mass is 10.2. The summed E-state index contributed by atoms with van der Waals surface area (Å²) in [6.45, 7) is 6.39. The fourth-order valence-corrected chi connectivity index (χ4v) is 2.43. The number of carbonyl (C=O) groups is 1. The average Bonchev–Trinajstić information content (AvgIpc) is 2.90. The van der Waals surface area contributed by atoms with E-state index >= 15 is 0 Å². The fourth-order valence-electron chi connectivity index (χ4n) is 2.43. The normalized spacial score (nSPS) is 12.0. The van der Waals surface area contributed by atoms with E-state index in [9.17, 15) is 4.79 Å². The summed E-state index contributed by atoms with van der Waals surface area (Å²) in [5.41, 5.74) is 2.90. The second-order valence-electron chi connectivity index (χ2n) is 5.96. The van der Waals surface area contributed by atoms with E-state index in [4.69, 9.17) is 5.11 Å². The van der Waals surface area contributed by atoms with Crippen LogP contribution >= 0.6 is 0 Å². The molecule has 130 valence electrons. The third-order valence-electron chi connectivity index (χ3n) is 3.66. The summed E-state index contributed by atoms with van der Waals surface area (Å²) in [6, 6.07) is 5.62. The number of carbonyl (C=O) groups excluding carboxylic acids is 1. The summed E-state index contributed by atoms with van der Waals surface area (Å²) >= 11 is 0. The number of amides is 2. The second kappa shape index (κ2) is 8.44. The molecule has 7 nitrogen and oxygen atoms in total. The molecule has 0 aliphatic rings. The zero-order valence-electron chi connectivity index (χ0n) is 14.4. The highest BCUT2D eigenvalue weighted by molar-refractivity contribution is 5.74. The zero-order chi connectivity index (χ0) is 17.5. The van der Waals surface area contributed by atoms with Crippen LogP contribution in [0.15, 0.2) is 24.4 Å². The minimum atomic E-state index is -0.219. The van der Waals surface area contributed by atoms with Crippen LogP contribution in [0.1, 0.15) is 36.7 Å². The Morgan fingerprint density at radius 1 is 1.38 bits per heavy atom. The third-order valence-corrected chi connectivity index (χ3v) is 3.66. The van der Waals surface area contributed by atoms with Gasteiger partial charge in [0.15, 0.2) is 5.82 Å². The van der Waals surface area contributed by atoms with E-state index in [1.807, 2.05) is 39.0 Å². The van der Waals surface area contributed by atoms with E-state index in [0.29, 0.717) is 13.0 Å². The van der Waals surface area contributed by atoms with Gasteiger partial charge in [-0.25, -0.2) is 14.5 Å². The SMILES string of the molecule is Cc1cc(C)n(-c2ccc(CNC(=O)NC(C)CCCO)cn2)n1. The third kappa shape index (κ3) is 5.06. The molecule has 0 saturated heterocycles. The molecule has 0 saturated carbocycles. The van der Waals surface area contributed by atoms with Gasteiger partial charge >= 0.3 is 6.03 Å². The number of urea groups is 1. The van der Waals surface area contributed by atoms with Gasteiger partial charge in [-0.3, -0.25) is 0 Å². The highest BCUT2D eigenvalue weighted by Crippen LogP contribution is 2.10. The van der Waals surface area contributed by atoms with E-state index in [2.05, 4.69) is 20.7 Å². The Balaban J connectivity index is 1.86. The number of pyridine rings is 1. The Bertz CT molecular complexity index is 666. The lowest BCUT2D eigenvalue weighted by Crippen LogP contribution is -2.40. The number of aliphatic hydroxyl groups is 1. The van der Waals surface area contributed by atoms with Crippen LogP contribution in [0.3, 0.4) is 0 Å². The Morgan fingerprint density at radius 2 is 2.17 bits per heavy atom. The average molecular weight is 331 g/mol. The van der Waals surface area contributed by atoms with Gasteiger partial charge in [0.2, 0.25) is 0 Å². The molecule has 1 unspecified atom stereocenters. The van der Waals surface area contributed by atoms with Crippen LogP contribution in [0.5, 0.6) is 0 Å². The van der Waals surface area contributed by atoms with Gasteiger partial charge < -0.3 is 15.7 Å². The number of nitrogens with one attached hydrogen (secondary N) is 2. The molecule has 0 bridgehead atoms. The van der Waals surface area contributed by atoms with E-state index in [0.717, 1.165) is 29.2 Å². The van der Waals surface area contributed by atoms with Gasteiger partial charge in [0.25, 0.3) is 0 Å². The van der Waals surface area contributed by atoms with Gasteiger partial charge in [0.05, 0.1) is 5.69 Å². The molecule has 0 aliphatic carbocycles. The van der Waals surface area contributed by atoms with Crippen molar-refractivity contribution in [3.63, 3.8) is 0 Å². The summed E-state index contributed by atoms with van der Waals surface area (Å²) in [5, 5.41) is 18.8. The van der Waals surface area contributed by atoms with Crippen molar-refractivity contribution in [3.05, 3.63) is 41.3 Å². The van der Waals surface area contributed by atoms with Crippen LogP contribution in [0.4, 0.5) is 4.79 Å². The molecule has 2 rings (SSSR count). The van der Waals surface area contributed by atoms with Gasteiger partial charge in [-0.15, -0.1) is 0 Å². The molecule has 2 heterocycles. The molecule has 24 heavy (non-hydrogen) atoms. The maximum atomic E-state index is 11.8. The molecule has 0 aliphatic heterocycles. The molecule has 2 amide bonds. The molecule has 1 atom stereocenters. The van der Waals surface area contributed by atoms with Crippen LogP contribution in [0.25, 0.3) is 5.82 Å². The Labute approximate surface area is 142 Å². The van der Waals surface area contributed by atoms with Crippen molar-refractivity contribution in [2.45, 2.75) is 46.2 Å². The molecule has 7 heteroatoms. The first-order valence-electron chi connectivity index (χ1n) is 8.13. The summed E-state index contributed by atoms with van der Waals surface area (Å²) in [5.74, 6) is 0.756. The van der Waals surface area contributed by atoms with E-state index in [-0.39, 0.29) is 18.7 Å². The van der Waals surface area contributed by atoms with Gasteiger partial charge in [0, 0.05) is 31.1 Å². The highest BCUT2D eigenvalue weighted by atomic mass is 16.3. The number of hydrogen-bond acceptors (Lipinski definition) is 4. The van der Waals surface area contributed by atoms with Crippen LogP contribution in [-0.2, 0) is 6.54 Å². The first kappa shape index (κ1) is 17.9. The Hall–Kier alpha value is -2.41. The Kier molecular flexibility index (Phi) is 6.31. The van der Waals surface area contributed by atoms with Gasteiger partial charge in [-0.2, -0.15) is 5.10 Å². The topological polar surface area (TPSA) is 92.1 Å². The van der Waals surface area contributed by atoms with Gasteiger partial charge in [0.1, 0.15) is 0 Å². The molecule has 3 N–H and O–H groups in total. The van der Waals surface area contributed by atoms with Crippen molar-refractivity contribution in [1.29, 1.82) is 0 Å². The highest BCUT2D eigenvalue weighted by Gasteiger charge is 2.08.